The van der Waals surface area contributed by atoms with Crippen LogP contribution in [0.2, 0.25) is 0 Å². The van der Waals surface area contributed by atoms with Crippen molar-refractivity contribution in [2.24, 2.45) is 5.92 Å². The number of hydrogen-bond donors (Lipinski definition) is 0. The van der Waals surface area contributed by atoms with E-state index < -0.39 is 0 Å². The van der Waals surface area contributed by atoms with Crippen LogP contribution in [0.25, 0.3) is 0 Å². The molecule has 0 N–H and O–H groups in total. The van der Waals surface area contributed by atoms with Gasteiger partial charge in [-0.2, -0.15) is 0 Å². The van der Waals surface area contributed by atoms with Gasteiger partial charge in [0.2, 0.25) is 5.91 Å². The van der Waals surface area contributed by atoms with E-state index in [4.69, 9.17) is 14.5 Å². The first-order chi connectivity index (χ1) is 13.8. The third kappa shape index (κ3) is 3.94. The summed E-state index contributed by atoms with van der Waals surface area (Å²) >= 11 is 1.65. The van der Waals surface area contributed by atoms with Crippen LogP contribution in [0, 0.1) is 5.92 Å². The minimum absolute atomic E-state index is 0.139. The van der Waals surface area contributed by atoms with Crippen LogP contribution in [0.4, 0.5) is 0 Å². The van der Waals surface area contributed by atoms with Crippen LogP contribution in [0.3, 0.4) is 0 Å². The SMILES string of the molecule is O=C(C1CCOCC1)N1CCc2nc(OC3CCN(C4CCC4)CC3)sc2C1. The molecule has 4 aliphatic rings. The molecule has 28 heavy (non-hydrogen) atoms. The van der Waals surface area contributed by atoms with Gasteiger partial charge in [0.1, 0.15) is 6.10 Å². The van der Waals surface area contributed by atoms with E-state index in [1.807, 2.05) is 4.90 Å². The fourth-order valence-electron chi connectivity index (χ4n) is 4.87. The Labute approximate surface area is 171 Å². The van der Waals surface area contributed by atoms with Gasteiger partial charge in [0.15, 0.2) is 0 Å². The number of hydrogen-bond acceptors (Lipinski definition) is 6. The quantitative estimate of drug-likeness (QED) is 0.771. The molecule has 154 valence electrons. The minimum atomic E-state index is 0.139. The molecule has 6 nitrogen and oxygen atoms in total. The third-order valence-corrected chi connectivity index (χ3v) is 7.90. The normalized spacial score (nSPS) is 25.4. The van der Waals surface area contributed by atoms with Gasteiger partial charge in [-0.1, -0.05) is 17.8 Å². The molecule has 4 heterocycles. The predicted octanol–water partition coefficient (Wildman–Crippen LogP) is 2.85. The number of likely N-dealkylation sites (tertiary alicyclic amines) is 1. The largest absolute Gasteiger partial charge is 0.467 e. The van der Waals surface area contributed by atoms with Gasteiger partial charge >= 0.3 is 0 Å². The predicted molar refractivity (Wildman–Crippen MR) is 108 cm³/mol. The highest BCUT2D eigenvalue weighted by Crippen LogP contribution is 2.33. The van der Waals surface area contributed by atoms with Crippen LogP contribution in [0.15, 0.2) is 0 Å². The molecule has 0 atom stereocenters. The second kappa shape index (κ2) is 8.28. The summed E-state index contributed by atoms with van der Waals surface area (Å²) in [6.07, 6.45) is 9.25. The Morgan fingerprint density at radius 1 is 1.07 bits per heavy atom. The summed E-state index contributed by atoms with van der Waals surface area (Å²) in [6, 6.07) is 0.840. The molecule has 1 saturated carbocycles. The summed E-state index contributed by atoms with van der Waals surface area (Å²) in [5, 5.41) is 0.812. The second-order valence-corrected chi connectivity index (χ2v) is 9.73. The highest BCUT2D eigenvalue weighted by atomic mass is 32.1. The number of thiazole rings is 1. The smallest absolute Gasteiger partial charge is 0.273 e. The maximum atomic E-state index is 12.8. The number of aromatic nitrogens is 1. The van der Waals surface area contributed by atoms with Gasteiger partial charge in [-0.05, 0) is 38.5 Å². The van der Waals surface area contributed by atoms with Gasteiger partial charge in [0.05, 0.1) is 17.1 Å². The molecule has 3 aliphatic heterocycles. The molecule has 3 fully saturated rings. The molecule has 1 aliphatic carbocycles. The lowest BCUT2D eigenvalue weighted by Crippen LogP contribution is -2.46. The van der Waals surface area contributed by atoms with E-state index in [-0.39, 0.29) is 5.92 Å². The molecule has 1 amide bonds. The molecule has 0 aromatic carbocycles. The molecular weight excluding hydrogens is 374 g/mol. The van der Waals surface area contributed by atoms with Gasteiger partial charge in [-0.15, -0.1) is 0 Å². The lowest BCUT2D eigenvalue weighted by atomic mass is 9.90. The summed E-state index contributed by atoms with van der Waals surface area (Å²) < 4.78 is 11.7. The number of rotatable bonds is 4. The Bertz CT molecular complexity index is 691. The molecule has 0 unspecified atom stereocenters. The summed E-state index contributed by atoms with van der Waals surface area (Å²) in [5.41, 5.74) is 1.14. The first-order valence-corrected chi connectivity index (χ1v) is 11.8. The molecule has 0 radical (unpaired) electrons. The highest BCUT2D eigenvalue weighted by Gasteiger charge is 2.32. The third-order valence-electron chi connectivity index (χ3n) is 6.93. The topological polar surface area (TPSA) is 54.9 Å². The molecule has 0 bridgehead atoms. The highest BCUT2D eigenvalue weighted by molar-refractivity contribution is 7.13. The average molecular weight is 406 g/mol. The Kier molecular flexibility index (Phi) is 5.57. The Morgan fingerprint density at radius 3 is 2.57 bits per heavy atom. The number of amides is 1. The molecule has 7 heteroatoms. The van der Waals surface area contributed by atoms with Crippen LogP contribution in [0.5, 0.6) is 5.19 Å². The van der Waals surface area contributed by atoms with Gasteiger partial charge < -0.3 is 19.3 Å². The van der Waals surface area contributed by atoms with E-state index in [1.165, 1.54) is 24.1 Å². The van der Waals surface area contributed by atoms with Gasteiger partial charge in [-0.25, -0.2) is 4.98 Å². The Hall–Kier alpha value is -1.18. The van der Waals surface area contributed by atoms with E-state index in [0.717, 1.165) is 68.7 Å². The summed E-state index contributed by atoms with van der Waals surface area (Å²) in [4.78, 5) is 23.5. The number of ether oxygens (including phenoxy) is 2. The summed E-state index contributed by atoms with van der Waals surface area (Å²) in [5.74, 6) is 0.438. The van der Waals surface area contributed by atoms with Crippen molar-refractivity contribution in [3.05, 3.63) is 10.6 Å². The minimum Gasteiger partial charge on any atom is -0.467 e. The van der Waals surface area contributed by atoms with Crippen molar-refractivity contribution in [2.45, 2.75) is 70.1 Å². The van der Waals surface area contributed by atoms with Crippen LogP contribution in [-0.4, -0.2) is 65.7 Å². The fourth-order valence-corrected chi connectivity index (χ4v) is 5.90. The maximum Gasteiger partial charge on any atom is 0.273 e. The van der Waals surface area contributed by atoms with E-state index in [2.05, 4.69) is 4.90 Å². The van der Waals surface area contributed by atoms with Crippen LogP contribution < -0.4 is 4.74 Å². The first kappa shape index (κ1) is 18.8. The van der Waals surface area contributed by atoms with E-state index in [0.29, 0.717) is 31.8 Å². The van der Waals surface area contributed by atoms with Crippen molar-refractivity contribution in [2.75, 3.05) is 32.8 Å². The lowest BCUT2D eigenvalue weighted by molar-refractivity contribution is -0.139. The molecule has 2 saturated heterocycles. The number of piperidine rings is 1. The monoisotopic (exact) mass is 405 g/mol. The van der Waals surface area contributed by atoms with Crippen LogP contribution in [-0.2, 0) is 22.5 Å². The maximum absolute atomic E-state index is 12.8. The molecule has 0 spiro atoms. The van der Waals surface area contributed by atoms with Gasteiger partial charge in [-0.3, -0.25) is 4.79 Å². The second-order valence-electron chi connectivity index (χ2n) is 8.68. The fraction of sp³-hybridized carbons (Fsp3) is 0.810. The molecule has 1 aromatic heterocycles. The van der Waals surface area contributed by atoms with Crippen LogP contribution >= 0.6 is 11.3 Å². The first-order valence-electron chi connectivity index (χ1n) is 11.0. The van der Waals surface area contributed by atoms with Gasteiger partial charge in [0.25, 0.3) is 5.19 Å². The van der Waals surface area contributed by atoms with Crippen molar-refractivity contribution in [3.8, 4) is 5.19 Å². The van der Waals surface area contributed by atoms with Crippen molar-refractivity contribution < 1.29 is 14.3 Å². The number of carbonyl (C=O) groups is 1. The van der Waals surface area contributed by atoms with Crippen molar-refractivity contribution in [1.29, 1.82) is 0 Å². The van der Waals surface area contributed by atoms with E-state index >= 15 is 0 Å². The van der Waals surface area contributed by atoms with Crippen molar-refractivity contribution >= 4 is 17.2 Å². The zero-order valence-corrected chi connectivity index (χ0v) is 17.4. The zero-order chi connectivity index (χ0) is 18.9. The molecular formula is C21H31N3O3S. The lowest BCUT2D eigenvalue weighted by Gasteiger charge is -2.41. The standard InChI is InChI=1S/C21H31N3O3S/c25-20(15-7-12-26-13-8-15)24-11-6-18-19(14-24)28-21(22-18)27-17-4-9-23(10-5-17)16-2-1-3-16/h15-17H,1-14H2. The Morgan fingerprint density at radius 2 is 1.86 bits per heavy atom. The Balaban J connectivity index is 1.15. The number of carbonyl (C=O) groups excluding carboxylic acids is 1. The molecule has 1 aromatic rings. The zero-order valence-electron chi connectivity index (χ0n) is 16.6. The van der Waals surface area contributed by atoms with E-state index in [9.17, 15) is 4.79 Å². The molecule has 5 rings (SSSR count). The van der Waals surface area contributed by atoms with Crippen LogP contribution in [0.1, 0.15) is 55.5 Å². The average Bonchev–Trinajstić information content (AvgIpc) is 3.09. The van der Waals surface area contributed by atoms with Crippen molar-refractivity contribution in [1.82, 2.24) is 14.8 Å². The number of nitrogens with zero attached hydrogens (tertiary/aromatic N) is 3. The van der Waals surface area contributed by atoms with E-state index in [1.54, 1.807) is 11.3 Å². The summed E-state index contributed by atoms with van der Waals surface area (Å²) in [6.45, 7) is 5.24. The summed E-state index contributed by atoms with van der Waals surface area (Å²) in [7, 11) is 0. The van der Waals surface area contributed by atoms with Crippen molar-refractivity contribution in [3.63, 3.8) is 0 Å². The number of fused-ring (bicyclic) bond motifs is 1. The van der Waals surface area contributed by atoms with Gasteiger partial charge in [0, 0.05) is 51.2 Å².